The number of rotatable bonds is 3. The summed E-state index contributed by atoms with van der Waals surface area (Å²) < 4.78 is 0. The fourth-order valence-corrected chi connectivity index (χ4v) is 1.61. The first-order chi connectivity index (χ1) is 7.11. The molecule has 0 aliphatic rings. The van der Waals surface area contributed by atoms with Gasteiger partial charge in [-0.3, -0.25) is 0 Å². The van der Waals surface area contributed by atoms with Crippen LogP contribution < -0.4 is 21.6 Å². The number of H-pyrrole nitrogens is 1. The molecule has 1 aromatic heterocycles. The summed E-state index contributed by atoms with van der Waals surface area (Å²) in [4.78, 5) is 3.11. The Bertz CT molecular complexity index is 465. The Morgan fingerprint density at radius 1 is 1.60 bits per heavy atom. The van der Waals surface area contributed by atoms with Gasteiger partial charge in [-0.1, -0.05) is 13.5 Å². The first-order valence-electron chi connectivity index (χ1n) is 5.11. The lowest BCUT2D eigenvalue weighted by molar-refractivity contribution is 0.938. The molecule has 0 atom stereocenters. The highest BCUT2D eigenvalue weighted by Crippen LogP contribution is 2.11. The van der Waals surface area contributed by atoms with Crippen molar-refractivity contribution >= 4 is 12.3 Å². The Hall–Kier alpha value is -1.64. The average molecular weight is 205 g/mol. The van der Waals surface area contributed by atoms with Crippen LogP contribution in [-0.2, 0) is 0 Å². The van der Waals surface area contributed by atoms with Crippen LogP contribution in [0.5, 0.6) is 0 Å². The van der Waals surface area contributed by atoms with Crippen LogP contribution in [0.1, 0.15) is 20.3 Å². The predicted molar refractivity (Wildman–Crippen MR) is 65.2 cm³/mol. The van der Waals surface area contributed by atoms with Gasteiger partial charge < -0.3 is 16.0 Å². The molecule has 0 aromatic carbocycles. The molecular formula is C12H19N3. The molecule has 0 aliphatic heterocycles. The molecule has 0 spiro atoms. The second-order valence-electron chi connectivity index (χ2n) is 3.50. The number of aromatic amines is 1. The van der Waals surface area contributed by atoms with E-state index in [1.54, 1.807) is 0 Å². The van der Waals surface area contributed by atoms with Crippen molar-refractivity contribution < 1.29 is 0 Å². The normalized spacial score (nSPS) is 14.6. The summed E-state index contributed by atoms with van der Waals surface area (Å²) in [5, 5.41) is 4.97. The van der Waals surface area contributed by atoms with Crippen molar-refractivity contribution in [3.8, 4) is 0 Å². The third kappa shape index (κ3) is 2.24. The zero-order valence-electron chi connectivity index (χ0n) is 9.65. The topological polar surface area (TPSA) is 53.8 Å². The molecule has 1 heterocycles. The van der Waals surface area contributed by atoms with Gasteiger partial charge in [0, 0.05) is 18.9 Å². The van der Waals surface area contributed by atoms with E-state index in [-0.39, 0.29) is 0 Å². The molecule has 1 aromatic rings. The minimum absolute atomic E-state index is 0.777. The van der Waals surface area contributed by atoms with Crippen LogP contribution in [0.15, 0.2) is 23.5 Å². The number of allylic oxidation sites excluding steroid dienone is 1. The van der Waals surface area contributed by atoms with Crippen molar-refractivity contribution in [2.24, 2.45) is 5.73 Å². The number of hydrogen-bond acceptors (Lipinski definition) is 2. The quantitative estimate of drug-likeness (QED) is 0.669. The van der Waals surface area contributed by atoms with E-state index in [4.69, 9.17) is 5.73 Å². The van der Waals surface area contributed by atoms with E-state index in [1.165, 1.54) is 0 Å². The van der Waals surface area contributed by atoms with E-state index in [9.17, 15) is 0 Å². The Kier molecular flexibility index (Phi) is 3.61. The molecule has 0 fully saturated rings. The predicted octanol–water partition coefficient (Wildman–Crippen LogP) is 0.395. The van der Waals surface area contributed by atoms with E-state index < -0.39 is 0 Å². The van der Waals surface area contributed by atoms with Crippen molar-refractivity contribution in [3.05, 3.63) is 34.1 Å². The molecule has 3 nitrogen and oxygen atoms in total. The highest BCUT2D eigenvalue weighted by molar-refractivity contribution is 5.61. The monoisotopic (exact) mass is 205 g/mol. The molecular weight excluding hydrogens is 186 g/mol. The molecule has 0 saturated heterocycles. The van der Waals surface area contributed by atoms with Crippen molar-refractivity contribution in [1.82, 2.24) is 10.3 Å². The molecule has 0 aliphatic carbocycles. The standard InChI is InChI=1S/C12H19N3/c1-5-10(9(3)14-4)11(13)12-8(2)6-7-15-12/h6-7,14-15H,2,5,13H2,1,3-4H3/b10-9+,12-11-. The van der Waals surface area contributed by atoms with E-state index in [0.29, 0.717) is 0 Å². The van der Waals surface area contributed by atoms with Gasteiger partial charge in [-0.25, -0.2) is 0 Å². The highest BCUT2D eigenvalue weighted by Gasteiger charge is 2.04. The van der Waals surface area contributed by atoms with Crippen LogP contribution in [0, 0.1) is 0 Å². The molecule has 0 amide bonds. The summed E-state index contributed by atoms with van der Waals surface area (Å²) in [6.45, 7) is 8.05. The highest BCUT2D eigenvalue weighted by atomic mass is 14.8. The van der Waals surface area contributed by atoms with Gasteiger partial charge in [0.25, 0.3) is 0 Å². The van der Waals surface area contributed by atoms with E-state index in [0.717, 1.165) is 34.0 Å². The van der Waals surface area contributed by atoms with Crippen molar-refractivity contribution in [3.63, 3.8) is 0 Å². The lowest BCUT2D eigenvalue weighted by Gasteiger charge is -2.10. The lowest BCUT2D eigenvalue weighted by atomic mass is 10.1. The maximum Gasteiger partial charge on any atom is 0.0685 e. The van der Waals surface area contributed by atoms with Crippen LogP contribution in [0.3, 0.4) is 0 Å². The summed E-state index contributed by atoms with van der Waals surface area (Å²) in [6, 6.07) is 1.92. The zero-order chi connectivity index (χ0) is 11.4. The van der Waals surface area contributed by atoms with Gasteiger partial charge in [0.1, 0.15) is 0 Å². The third-order valence-corrected chi connectivity index (χ3v) is 2.61. The van der Waals surface area contributed by atoms with Crippen molar-refractivity contribution in [1.29, 1.82) is 0 Å². The van der Waals surface area contributed by atoms with Crippen LogP contribution in [0.25, 0.3) is 12.3 Å². The Morgan fingerprint density at radius 2 is 2.27 bits per heavy atom. The van der Waals surface area contributed by atoms with Gasteiger partial charge in [-0.2, -0.15) is 0 Å². The number of aromatic nitrogens is 1. The molecule has 0 saturated carbocycles. The average Bonchev–Trinajstić information content (AvgIpc) is 2.65. The minimum Gasteiger partial charge on any atom is -0.397 e. The summed E-state index contributed by atoms with van der Waals surface area (Å²) in [5.74, 6) is 0. The van der Waals surface area contributed by atoms with E-state index >= 15 is 0 Å². The maximum atomic E-state index is 6.12. The first-order valence-corrected chi connectivity index (χ1v) is 5.11. The van der Waals surface area contributed by atoms with Gasteiger partial charge in [-0.15, -0.1) is 0 Å². The fourth-order valence-electron chi connectivity index (χ4n) is 1.61. The Balaban J connectivity index is 3.43. The SMILES string of the molecule is C=c1cc[nH]/c1=C(N)/C(CC)=C(\C)NC. The molecule has 3 heteroatoms. The number of nitrogens with one attached hydrogen (secondary N) is 2. The van der Waals surface area contributed by atoms with Crippen LogP contribution in [0.2, 0.25) is 0 Å². The molecule has 0 unspecified atom stereocenters. The third-order valence-electron chi connectivity index (χ3n) is 2.61. The smallest absolute Gasteiger partial charge is 0.0685 e. The minimum atomic E-state index is 0.777. The zero-order valence-corrected chi connectivity index (χ0v) is 9.65. The van der Waals surface area contributed by atoms with Crippen LogP contribution >= 0.6 is 0 Å². The van der Waals surface area contributed by atoms with Crippen molar-refractivity contribution in [2.75, 3.05) is 7.05 Å². The van der Waals surface area contributed by atoms with E-state index in [2.05, 4.69) is 23.8 Å². The summed E-state index contributed by atoms with van der Waals surface area (Å²) >= 11 is 0. The van der Waals surface area contributed by atoms with Gasteiger partial charge >= 0.3 is 0 Å². The number of hydrogen-bond donors (Lipinski definition) is 3. The summed E-state index contributed by atoms with van der Waals surface area (Å²) in [6.07, 6.45) is 2.75. The van der Waals surface area contributed by atoms with E-state index in [1.807, 2.05) is 26.2 Å². The molecule has 4 N–H and O–H groups in total. The van der Waals surface area contributed by atoms with Gasteiger partial charge in [0.15, 0.2) is 0 Å². The molecule has 0 radical (unpaired) electrons. The van der Waals surface area contributed by atoms with Gasteiger partial charge in [0.2, 0.25) is 0 Å². The van der Waals surface area contributed by atoms with Gasteiger partial charge in [-0.05, 0) is 30.2 Å². The first kappa shape index (κ1) is 11.4. The fraction of sp³-hybridized carbons (Fsp3) is 0.333. The molecule has 15 heavy (non-hydrogen) atoms. The lowest BCUT2D eigenvalue weighted by Crippen LogP contribution is -2.29. The maximum absolute atomic E-state index is 6.12. The van der Waals surface area contributed by atoms with Crippen molar-refractivity contribution in [2.45, 2.75) is 20.3 Å². The van der Waals surface area contributed by atoms with Crippen LogP contribution in [0.4, 0.5) is 0 Å². The Labute approximate surface area is 90.4 Å². The summed E-state index contributed by atoms with van der Waals surface area (Å²) in [7, 11) is 1.90. The summed E-state index contributed by atoms with van der Waals surface area (Å²) in [5.41, 5.74) is 9.13. The second kappa shape index (κ2) is 4.73. The molecule has 82 valence electrons. The van der Waals surface area contributed by atoms with Gasteiger partial charge in [0.05, 0.1) is 11.0 Å². The molecule has 0 bridgehead atoms. The number of nitrogens with two attached hydrogens (primary N) is 1. The van der Waals surface area contributed by atoms with Crippen LogP contribution in [-0.4, -0.2) is 12.0 Å². The molecule has 1 rings (SSSR count). The second-order valence-corrected chi connectivity index (χ2v) is 3.50. The largest absolute Gasteiger partial charge is 0.397 e. The Morgan fingerprint density at radius 3 is 2.67 bits per heavy atom.